The summed E-state index contributed by atoms with van der Waals surface area (Å²) in [5.41, 5.74) is 5.50. The number of morpholine rings is 1. The van der Waals surface area contributed by atoms with Gasteiger partial charge in [-0.05, 0) is 110 Å². The lowest BCUT2D eigenvalue weighted by atomic mass is 9.84. The fourth-order valence-electron chi connectivity index (χ4n) is 10.1. The number of alkyl halides is 1. The number of benzene rings is 1. The van der Waals surface area contributed by atoms with E-state index in [9.17, 15) is 24.0 Å². The maximum absolute atomic E-state index is 16.5. The summed E-state index contributed by atoms with van der Waals surface area (Å²) in [6.45, 7) is 27.3. The minimum absolute atomic E-state index is 0.00512. The zero-order valence-electron chi connectivity index (χ0n) is 47.4. The highest BCUT2D eigenvalue weighted by Crippen LogP contribution is 2.40. The van der Waals surface area contributed by atoms with E-state index >= 15 is 4.39 Å². The standard InChI is InChI=1S/C57H86FN9O8/c1-16-41(48(59-18-3)39(7)73-15)50-43(42-35-40(64-31-33-74-34-32-64)22-23-46(42)66(50)19-4)36-55(8,9)37-75-53(71)45-21-20-28-67(61-45)52(70)44(17-2)60-51(69)49(38(5)6)63(14)54(72)57(58)26-29-65(30-27-57)47(68)24-25-56(10,11)62(12)13/h16,18,22-23,35,38-39,44-45,49,61H,1,17,19-21,26-34,36-37H2,2-15H3,(H,60,69)/b48-41+,59-18-/t39-,44-,45?,49-/m0/s1. The Balaban J connectivity index is 1.28. The van der Waals surface area contributed by atoms with Crippen molar-refractivity contribution in [3.05, 3.63) is 47.8 Å². The van der Waals surface area contributed by atoms with Gasteiger partial charge in [-0.2, -0.15) is 0 Å². The number of esters is 1. The highest BCUT2D eigenvalue weighted by molar-refractivity contribution is 5.97. The average Bonchev–Trinajstić information content (AvgIpc) is 3.69. The van der Waals surface area contributed by atoms with Crippen LogP contribution in [0.25, 0.3) is 16.5 Å². The number of likely N-dealkylation sites (N-methyl/N-ethyl adjacent to an activating group) is 1. The minimum atomic E-state index is -2.31. The van der Waals surface area contributed by atoms with E-state index in [1.807, 2.05) is 52.8 Å². The molecular weight excluding hydrogens is 958 g/mol. The SMILES string of the molecule is C=C/C(=C(\N=C/C)[C@H](C)OC)c1c(CC(C)(C)COC(=O)C2CCCN(C(=O)[C@H](CC)NC(=O)[C@H](C(C)C)N(C)C(=O)C3(F)CCN(C(=O)C#CC(C)(C)N(C)C)CC3)N2)c2cc(N3CCOCC3)ccc2n1CC. The van der Waals surface area contributed by atoms with Crippen LogP contribution in [0.5, 0.6) is 0 Å². The molecule has 75 heavy (non-hydrogen) atoms. The number of ether oxygens (including phenoxy) is 3. The number of carbonyl (C=O) groups is 5. The Hall–Kier alpha value is -5.61. The summed E-state index contributed by atoms with van der Waals surface area (Å²) in [5.74, 6) is 2.34. The molecule has 3 saturated heterocycles. The lowest BCUT2D eigenvalue weighted by Crippen LogP contribution is -2.62. The number of nitrogens with one attached hydrogen (secondary N) is 2. The fraction of sp³-hybridized carbons (Fsp3) is 0.649. The Kier molecular flexibility index (Phi) is 20.9. The number of nitrogens with zero attached hydrogens (tertiary/aromatic N) is 7. The predicted molar refractivity (Wildman–Crippen MR) is 294 cm³/mol. The third-order valence-corrected chi connectivity index (χ3v) is 15.1. The van der Waals surface area contributed by atoms with E-state index in [1.54, 1.807) is 34.1 Å². The van der Waals surface area contributed by atoms with Gasteiger partial charge in [0, 0.05) is 100 Å². The Labute approximate surface area is 445 Å². The van der Waals surface area contributed by atoms with Crippen molar-refractivity contribution in [1.82, 2.24) is 35.0 Å². The number of amides is 4. The number of likely N-dealkylation sites (tertiary alicyclic amines) is 1. The van der Waals surface area contributed by atoms with Gasteiger partial charge in [0.05, 0.1) is 42.9 Å². The topological polar surface area (TPSA) is 171 Å². The molecule has 1 unspecified atom stereocenters. The van der Waals surface area contributed by atoms with E-state index in [2.05, 4.69) is 77.6 Å². The molecule has 18 heteroatoms. The third kappa shape index (κ3) is 14.3. The molecule has 0 saturated carbocycles. The van der Waals surface area contributed by atoms with Crippen LogP contribution in [0.2, 0.25) is 0 Å². The van der Waals surface area contributed by atoms with Crippen LogP contribution < -0.4 is 15.6 Å². The summed E-state index contributed by atoms with van der Waals surface area (Å²) < 4.78 is 36.4. The van der Waals surface area contributed by atoms with E-state index in [0.29, 0.717) is 39.0 Å². The molecule has 4 atom stereocenters. The molecule has 414 valence electrons. The number of hydrogen-bond acceptors (Lipinski definition) is 12. The number of methoxy groups -OCH3 is 1. The van der Waals surface area contributed by atoms with E-state index in [4.69, 9.17) is 19.2 Å². The second-order valence-corrected chi connectivity index (χ2v) is 21.9. The number of hydrogen-bond donors (Lipinski definition) is 2. The van der Waals surface area contributed by atoms with Crippen LogP contribution in [0, 0.1) is 23.2 Å². The molecule has 3 aliphatic rings. The number of fused-ring (bicyclic) bond motifs is 1. The van der Waals surface area contributed by atoms with Gasteiger partial charge in [0.1, 0.15) is 18.1 Å². The Morgan fingerprint density at radius 3 is 2.28 bits per heavy atom. The number of rotatable bonds is 20. The number of halogens is 1. The molecule has 3 fully saturated rings. The number of piperidine rings is 1. The lowest BCUT2D eigenvalue weighted by Gasteiger charge is -2.40. The molecule has 4 heterocycles. The first-order valence-electron chi connectivity index (χ1n) is 26.7. The van der Waals surface area contributed by atoms with Crippen molar-refractivity contribution in [2.75, 3.05) is 85.7 Å². The Morgan fingerprint density at radius 2 is 1.71 bits per heavy atom. The van der Waals surface area contributed by atoms with E-state index < -0.39 is 70.3 Å². The number of carbonyl (C=O) groups excluding carboxylic acids is 5. The number of aromatic nitrogens is 1. The van der Waals surface area contributed by atoms with Gasteiger partial charge in [0.2, 0.25) is 5.91 Å². The van der Waals surface area contributed by atoms with Crippen molar-refractivity contribution >= 4 is 58.0 Å². The third-order valence-electron chi connectivity index (χ3n) is 15.1. The molecule has 1 aromatic heterocycles. The highest BCUT2D eigenvalue weighted by atomic mass is 19.1. The smallest absolute Gasteiger partial charge is 0.324 e. The molecule has 4 amide bonds. The second-order valence-electron chi connectivity index (χ2n) is 21.9. The van der Waals surface area contributed by atoms with Gasteiger partial charge in [0.25, 0.3) is 17.7 Å². The number of anilines is 1. The largest absolute Gasteiger partial charge is 0.464 e. The van der Waals surface area contributed by atoms with Crippen LogP contribution in [-0.2, 0) is 51.1 Å². The summed E-state index contributed by atoms with van der Waals surface area (Å²) in [6, 6.07) is 3.65. The molecule has 0 bridgehead atoms. The summed E-state index contributed by atoms with van der Waals surface area (Å²) in [4.78, 5) is 80.6. The Bertz CT molecular complexity index is 2510. The van der Waals surface area contributed by atoms with Crippen LogP contribution in [0.15, 0.2) is 41.5 Å². The Morgan fingerprint density at radius 1 is 1.04 bits per heavy atom. The van der Waals surface area contributed by atoms with Crippen molar-refractivity contribution in [3.8, 4) is 11.8 Å². The van der Waals surface area contributed by atoms with Gasteiger partial charge in [-0.15, -0.1) is 0 Å². The zero-order chi connectivity index (χ0) is 55.6. The summed E-state index contributed by atoms with van der Waals surface area (Å²) in [5, 5.41) is 5.29. The average molecular weight is 1040 g/mol. The summed E-state index contributed by atoms with van der Waals surface area (Å²) in [7, 11) is 6.79. The van der Waals surface area contributed by atoms with Gasteiger partial charge in [0.15, 0.2) is 5.67 Å². The van der Waals surface area contributed by atoms with Crippen LogP contribution in [-0.4, -0.2) is 176 Å². The zero-order valence-corrected chi connectivity index (χ0v) is 47.4. The molecule has 0 aliphatic carbocycles. The molecule has 0 spiro atoms. The normalized spacial score (nSPS) is 19.1. The fourth-order valence-corrected chi connectivity index (χ4v) is 10.1. The van der Waals surface area contributed by atoms with Crippen LogP contribution in [0.4, 0.5) is 10.1 Å². The van der Waals surface area contributed by atoms with Gasteiger partial charge in [-0.3, -0.25) is 38.9 Å². The summed E-state index contributed by atoms with van der Waals surface area (Å²) in [6.07, 6.45) is 4.47. The molecule has 1 aromatic carbocycles. The first kappa shape index (κ1) is 60.3. The number of allylic oxidation sites excluding steroid dienone is 2. The number of hydrazine groups is 1. The van der Waals surface area contributed by atoms with Crippen molar-refractivity contribution in [3.63, 3.8) is 0 Å². The van der Waals surface area contributed by atoms with Crippen molar-refractivity contribution in [1.29, 1.82) is 0 Å². The van der Waals surface area contributed by atoms with Crippen LogP contribution >= 0.6 is 0 Å². The first-order valence-corrected chi connectivity index (χ1v) is 26.7. The van der Waals surface area contributed by atoms with Gasteiger partial charge in [-0.1, -0.05) is 53.2 Å². The van der Waals surface area contributed by atoms with Gasteiger partial charge >= 0.3 is 5.97 Å². The molecule has 5 rings (SSSR count). The van der Waals surface area contributed by atoms with Crippen molar-refractivity contribution < 1.29 is 42.6 Å². The van der Waals surface area contributed by atoms with Crippen LogP contribution in [0.3, 0.4) is 0 Å². The molecule has 0 radical (unpaired) electrons. The summed E-state index contributed by atoms with van der Waals surface area (Å²) >= 11 is 0. The maximum Gasteiger partial charge on any atom is 0.324 e. The number of aryl methyl sites for hydroxylation is 1. The van der Waals surface area contributed by atoms with Crippen LogP contribution in [0.1, 0.15) is 113 Å². The van der Waals surface area contributed by atoms with Gasteiger partial charge in [-0.25, -0.2) is 9.82 Å². The molecule has 3 aliphatic heterocycles. The highest BCUT2D eigenvalue weighted by Gasteiger charge is 2.47. The number of aliphatic imine (C=N–C) groups is 1. The van der Waals surface area contributed by atoms with E-state index in [0.717, 1.165) is 57.1 Å². The predicted octanol–water partition coefficient (Wildman–Crippen LogP) is 6.18. The molecule has 2 aromatic rings. The van der Waals surface area contributed by atoms with E-state index in [-0.39, 0.29) is 51.6 Å². The quantitative estimate of drug-likeness (QED) is 0.0672. The molecule has 2 N–H and O–H groups in total. The van der Waals surface area contributed by atoms with Gasteiger partial charge < -0.3 is 38.8 Å². The second kappa shape index (κ2) is 26.0. The maximum atomic E-state index is 16.5. The lowest BCUT2D eigenvalue weighted by molar-refractivity contribution is -0.156. The monoisotopic (exact) mass is 1040 g/mol. The van der Waals surface area contributed by atoms with Crippen molar-refractivity contribution in [2.24, 2.45) is 16.3 Å². The first-order chi connectivity index (χ1) is 35.4. The van der Waals surface area contributed by atoms with Crippen molar-refractivity contribution in [2.45, 2.75) is 150 Å². The van der Waals surface area contributed by atoms with E-state index in [1.165, 1.54) is 17.0 Å². The minimum Gasteiger partial charge on any atom is -0.464 e. The molecule has 17 nitrogen and oxygen atoms in total. The molecular formula is C57H86FN9O8.